The van der Waals surface area contributed by atoms with Gasteiger partial charge in [-0.25, -0.2) is 18.2 Å². The first-order valence-electron chi connectivity index (χ1n) is 11.7. The number of nitrogens with one attached hydrogen (secondary N) is 1. The lowest BCUT2D eigenvalue weighted by Gasteiger charge is -2.21. The van der Waals surface area contributed by atoms with Crippen molar-refractivity contribution in [2.75, 3.05) is 17.1 Å². The van der Waals surface area contributed by atoms with Crippen LogP contribution in [0.1, 0.15) is 17.0 Å². The zero-order valence-corrected chi connectivity index (χ0v) is 21.9. The highest BCUT2D eigenvalue weighted by Gasteiger charge is 2.21. The Hall–Kier alpha value is -4.44. The number of anilines is 1. The summed E-state index contributed by atoms with van der Waals surface area (Å²) in [5, 5.41) is 4.01. The molecule has 4 rings (SSSR count). The molecule has 0 aliphatic heterocycles. The molecule has 0 aliphatic carbocycles. The van der Waals surface area contributed by atoms with Gasteiger partial charge in [-0.2, -0.15) is 5.10 Å². The number of carbonyl (C=O) groups excluding carboxylic acids is 1. The monoisotopic (exact) mass is 534 g/mol. The maximum absolute atomic E-state index is 13.3. The van der Waals surface area contributed by atoms with Gasteiger partial charge in [-0.05, 0) is 80.6 Å². The van der Waals surface area contributed by atoms with Gasteiger partial charge in [0.1, 0.15) is 23.9 Å². The lowest BCUT2D eigenvalue weighted by atomic mass is 10.2. The van der Waals surface area contributed by atoms with Crippen molar-refractivity contribution < 1.29 is 22.3 Å². The molecule has 1 N–H and O–H groups in total. The number of carbonyl (C=O) groups is 1. The Morgan fingerprint density at radius 2 is 1.63 bits per heavy atom. The zero-order chi connectivity index (χ0) is 27.3. The molecule has 1 heterocycles. The van der Waals surface area contributed by atoms with Crippen LogP contribution in [-0.4, -0.2) is 37.9 Å². The van der Waals surface area contributed by atoms with Crippen LogP contribution in [0.3, 0.4) is 0 Å². The fourth-order valence-corrected chi connectivity index (χ4v) is 4.81. The van der Waals surface area contributed by atoms with Crippen molar-refractivity contribution in [1.82, 2.24) is 9.99 Å². The summed E-state index contributed by atoms with van der Waals surface area (Å²) in [6.07, 6.45) is 2.52. The fraction of sp³-hybridized carbons (Fsp3) is 0.143. The molecule has 0 saturated carbocycles. The summed E-state index contributed by atoms with van der Waals surface area (Å²) in [5.74, 6) is 0.250. The van der Waals surface area contributed by atoms with Crippen molar-refractivity contribution in [3.05, 3.63) is 108 Å². The molecule has 10 heteroatoms. The summed E-state index contributed by atoms with van der Waals surface area (Å²) in [4.78, 5) is 12.6. The van der Waals surface area contributed by atoms with Gasteiger partial charge in [0, 0.05) is 22.6 Å². The number of ether oxygens (including phenoxy) is 1. The summed E-state index contributed by atoms with van der Waals surface area (Å²) in [6, 6.07) is 23.6. The lowest BCUT2D eigenvalue weighted by Crippen LogP contribution is -2.39. The Morgan fingerprint density at radius 1 is 1.00 bits per heavy atom. The van der Waals surface area contributed by atoms with Crippen molar-refractivity contribution >= 4 is 27.8 Å². The first-order chi connectivity index (χ1) is 18.1. The third kappa shape index (κ3) is 6.46. The van der Waals surface area contributed by atoms with Gasteiger partial charge in [0.2, 0.25) is 10.0 Å². The van der Waals surface area contributed by atoms with E-state index in [0.29, 0.717) is 17.2 Å². The van der Waals surface area contributed by atoms with Crippen molar-refractivity contribution in [2.24, 2.45) is 5.10 Å². The molecule has 0 atom stereocenters. The van der Waals surface area contributed by atoms with Crippen LogP contribution in [-0.2, 0) is 14.8 Å². The number of nitrogens with zero attached hydrogens (tertiary/aromatic N) is 3. The van der Waals surface area contributed by atoms with Crippen LogP contribution in [0.4, 0.5) is 10.1 Å². The maximum Gasteiger partial charge on any atom is 0.260 e. The van der Waals surface area contributed by atoms with E-state index >= 15 is 0 Å². The first-order valence-corrected chi connectivity index (χ1v) is 13.5. The lowest BCUT2D eigenvalue weighted by molar-refractivity contribution is -0.119. The van der Waals surface area contributed by atoms with Gasteiger partial charge < -0.3 is 9.30 Å². The number of hydrogen-bond acceptors (Lipinski definition) is 5. The second-order valence-corrected chi connectivity index (χ2v) is 10.5. The molecule has 196 valence electrons. The van der Waals surface area contributed by atoms with Crippen LogP contribution in [0, 0.1) is 19.7 Å². The van der Waals surface area contributed by atoms with Crippen molar-refractivity contribution in [1.29, 1.82) is 0 Å². The van der Waals surface area contributed by atoms with E-state index in [2.05, 4.69) is 10.5 Å². The van der Waals surface area contributed by atoms with E-state index in [9.17, 15) is 17.6 Å². The molecule has 0 fully saturated rings. The minimum absolute atomic E-state index is 0.315. The number of hydrogen-bond donors (Lipinski definition) is 1. The molecule has 4 aromatic rings. The summed E-state index contributed by atoms with van der Waals surface area (Å²) in [7, 11) is -3.75. The number of para-hydroxylation sites is 1. The van der Waals surface area contributed by atoms with Crippen molar-refractivity contribution in [3.8, 4) is 17.2 Å². The third-order valence-electron chi connectivity index (χ3n) is 5.74. The van der Waals surface area contributed by atoms with Crippen LogP contribution in [0.15, 0.2) is 90.0 Å². The Labute approximate surface area is 221 Å². The summed E-state index contributed by atoms with van der Waals surface area (Å²) in [5.41, 5.74) is 6.01. The van der Waals surface area contributed by atoms with Crippen molar-refractivity contribution in [2.45, 2.75) is 13.8 Å². The maximum atomic E-state index is 13.3. The number of halogens is 1. The Morgan fingerprint density at radius 3 is 2.26 bits per heavy atom. The van der Waals surface area contributed by atoms with Crippen LogP contribution >= 0.6 is 0 Å². The summed E-state index contributed by atoms with van der Waals surface area (Å²) >= 11 is 0. The molecule has 0 spiro atoms. The quantitative estimate of drug-likeness (QED) is 0.243. The molecule has 1 aromatic heterocycles. The number of sulfonamides is 1. The molecule has 0 radical (unpaired) electrons. The highest BCUT2D eigenvalue weighted by atomic mass is 32.2. The number of benzene rings is 3. The number of amides is 1. The second-order valence-electron chi connectivity index (χ2n) is 8.61. The molecular formula is C28H27FN4O4S. The van der Waals surface area contributed by atoms with Gasteiger partial charge >= 0.3 is 0 Å². The van der Waals surface area contributed by atoms with E-state index in [1.54, 1.807) is 36.4 Å². The van der Waals surface area contributed by atoms with Gasteiger partial charge in [-0.3, -0.25) is 9.10 Å². The van der Waals surface area contributed by atoms with E-state index in [0.717, 1.165) is 33.2 Å². The SMILES string of the molecule is Cc1cc(/C=N/NC(=O)CN(c2ccc(Oc3ccccc3)cc2)S(C)(=O)=O)c(C)n1-c1ccc(F)cc1. The van der Waals surface area contributed by atoms with Gasteiger partial charge in [-0.15, -0.1) is 0 Å². The van der Waals surface area contributed by atoms with Gasteiger partial charge in [0.25, 0.3) is 5.91 Å². The molecule has 38 heavy (non-hydrogen) atoms. The second kappa shape index (κ2) is 11.3. The fourth-order valence-electron chi connectivity index (χ4n) is 3.95. The first kappa shape index (κ1) is 26.6. The number of aryl methyl sites for hydroxylation is 1. The van der Waals surface area contributed by atoms with Gasteiger partial charge in [0.15, 0.2) is 0 Å². The largest absolute Gasteiger partial charge is 0.457 e. The highest BCUT2D eigenvalue weighted by Crippen LogP contribution is 2.25. The molecule has 0 bridgehead atoms. The summed E-state index contributed by atoms with van der Waals surface area (Å²) < 4.78 is 46.8. The minimum Gasteiger partial charge on any atom is -0.457 e. The standard InChI is InChI=1S/C28H27FN4O4S/c1-20-17-22(21(2)33(20)25-11-9-23(29)10-12-25)18-30-31-28(34)19-32(38(3,35)36)24-13-15-27(16-14-24)37-26-7-5-4-6-8-26/h4-18H,19H2,1-3H3,(H,31,34)/b30-18+. The number of aromatic nitrogens is 1. The molecule has 0 saturated heterocycles. The topological polar surface area (TPSA) is 93.0 Å². The number of rotatable bonds is 9. The van der Waals surface area contributed by atoms with E-state index < -0.39 is 22.5 Å². The predicted octanol–water partition coefficient (Wildman–Crippen LogP) is 4.94. The third-order valence-corrected chi connectivity index (χ3v) is 6.88. The minimum atomic E-state index is -3.75. The smallest absolute Gasteiger partial charge is 0.260 e. The molecule has 3 aromatic carbocycles. The Balaban J connectivity index is 1.43. The van der Waals surface area contributed by atoms with Gasteiger partial charge in [-0.1, -0.05) is 18.2 Å². The van der Waals surface area contributed by atoms with E-state index in [-0.39, 0.29) is 5.82 Å². The average molecular weight is 535 g/mol. The molecule has 0 unspecified atom stereocenters. The Bertz CT molecular complexity index is 1550. The normalized spacial score (nSPS) is 11.5. The highest BCUT2D eigenvalue weighted by molar-refractivity contribution is 7.92. The molecular weight excluding hydrogens is 507 g/mol. The van der Waals surface area contributed by atoms with E-state index in [1.165, 1.54) is 18.3 Å². The van der Waals surface area contributed by atoms with Crippen LogP contribution in [0.5, 0.6) is 11.5 Å². The van der Waals surface area contributed by atoms with Crippen molar-refractivity contribution in [3.63, 3.8) is 0 Å². The molecule has 8 nitrogen and oxygen atoms in total. The van der Waals surface area contributed by atoms with Crippen LogP contribution in [0.2, 0.25) is 0 Å². The molecule has 0 aliphatic rings. The van der Waals surface area contributed by atoms with E-state index in [1.807, 2.05) is 54.8 Å². The summed E-state index contributed by atoms with van der Waals surface area (Å²) in [6.45, 7) is 3.34. The number of hydrazone groups is 1. The van der Waals surface area contributed by atoms with E-state index in [4.69, 9.17) is 4.74 Å². The van der Waals surface area contributed by atoms with Crippen LogP contribution < -0.4 is 14.5 Å². The average Bonchev–Trinajstić information content (AvgIpc) is 3.16. The van der Waals surface area contributed by atoms with Gasteiger partial charge in [0.05, 0.1) is 18.2 Å². The predicted molar refractivity (Wildman–Crippen MR) is 146 cm³/mol. The zero-order valence-electron chi connectivity index (χ0n) is 21.1. The van der Waals surface area contributed by atoms with Crippen LogP contribution in [0.25, 0.3) is 5.69 Å². The Kier molecular flexibility index (Phi) is 7.92. The molecule has 1 amide bonds.